The van der Waals surface area contributed by atoms with E-state index in [1.807, 2.05) is 13.0 Å². The second kappa shape index (κ2) is 4.54. The summed E-state index contributed by atoms with van der Waals surface area (Å²) in [6.07, 6.45) is 0. The van der Waals surface area contributed by atoms with Crippen molar-refractivity contribution in [3.63, 3.8) is 0 Å². The molecule has 0 unspecified atom stereocenters. The molecule has 0 nitrogen and oxygen atoms in total. The van der Waals surface area contributed by atoms with Crippen molar-refractivity contribution in [2.45, 2.75) is 27.7 Å². The Kier molecular flexibility index (Phi) is 3.26. The summed E-state index contributed by atoms with van der Waals surface area (Å²) in [6.45, 7) is 8.47. The fraction of sp³-hybridized carbons (Fsp3) is 0.250. The van der Waals surface area contributed by atoms with E-state index in [-0.39, 0.29) is 0 Å². The Morgan fingerprint density at radius 2 is 1.41 bits per heavy atom. The molecule has 0 heterocycles. The SMILES string of the molecule is Cc1cc(C)c(-c2cccc(C)c2Cl)c(C)c1. The van der Waals surface area contributed by atoms with Gasteiger partial charge in [0.1, 0.15) is 0 Å². The van der Waals surface area contributed by atoms with Crippen molar-refractivity contribution in [1.29, 1.82) is 0 Å². The first-order valence-corrected chi connectivity index (χ1v) is 6.22. The van der Waals surface area contributed by atoms with Crippen LogP contribution in [0.25, 0.3) is 11.1 Å². The van der Waals surface area contributed by atoms with Crippen LogP contribution in [0, 0.1) is 27.7 Å². The summed E-state index contributed by atoms with van der Waals surface area (Å²) >= 11 is 6.41. The number of rotatable bonds is 1. The Labute approximate surface area is 108 Å². The third-order valence-corrected chi connectivity index (χ3v) is 3.64. The van der Waals surface area contributed by atoms with Gasteiger partial charge in [-0.15, -0.1) is 0 Å². The first kappa shape index (κ1) is 12.2. The van der Waals surface area contributed by atoms with Crippen molar-refractivity contribution in [3.05, 3.63) is 57.6 Å². The summed E-state index contributed by atoms with van der Waals surface area (Å²) in [6, 6.07) is 10.6. The summed E-state index contributed by atoms with van der Waals surface area (Å²) in [5.41, 5.74) is 7.41. The molecule has 17 heavy (non-hydrogen) atoms. The third-order valence-electron chi connectivity index (χ3n) is 3.14. The van der Waals surface area contributed by atoms with Crippen LogP contribution in [0.3, 0.4) is 0 Å². The van der Waals surface area contributed by atoms with Gasteiger partial charge in [0.2, 0.25) is 0 Å². The Morgan fingerprint density at radius 3 is 2.00 bits per heavy atom. The molecule has 0 aliphatic heterocycles. The maximum atomic E-state index is 6.41. The van der Waals surface area contributed by atoms with Gasteiger partial charge in [0, 0.05) is 5.56 Å². The average molecular weight is 245 g/mol. The van der Waals surface area contributed by atoms with Gasteiger partial charge in [-0.25, -0.2) is 0 Å². The molecule has 0 saturated carbocycles. The molecule has 0 spiro atoms. The Morgan fingerprint density at radius 1 is 0.824 bits per heavy atom. The Balaban J connectivity index is 2.73. The number of aryl methyl sites for hydroxylation is 4. The van der Waals surface area contributed by atoms with E-state index in [9.17, 15) is 0 Å². The number of benzene rings is 2. The van der Waals surface area contributed by atoms with Crippen molar-refractivity contribution in [3.8, 4) is 11.1 Å². The molecule has 0 aliphatic carbocycles. The maximum absolute atomic E-state index is 6.41. The number of halogens is 1. The van der Waals surface area contributed by atoms with Crippen LogP contribution in [0.4, 0.5) is 0 Å². The molecule has 0 aliphatic rings. The van der Waals surface area contributed by atoms with Crippen molar-refractivity contribution in [2.24, 2.45) is 0 Å². The van der Waals surface area contributed by atoms with E-state index >= 15 is 0 Å². The predicted octanol–water partition coefficient (Wildman–Crippen LogP) is 5.24. The molecule has 88 valence electrons. The van der Waals surface area contributed by atoms with E-state index < -0.39 is 0 Å². The fourth-order valence-corrected chi connectivity index (χ4v) is 2.67. The number of hydrogen-bond donors (Lipinski definition) is 0. The zero-order valence-corrected chi connectivity index (χ0v) is 11.5. The fourth-order valence-electron chi connectivity index (χ4n) is 2.45. The van der Waals surface area contributed by atoms with Gasteiger partial charge in [-0.1, -0.05) is 47.5 Å². The standard InChI is InChI=1S/C16H17Cl/c1-10-8-12(3)15(13(4)9-10)14-7-5-6-11(2)16(14)17/h5-9H,1-4H3. The summed E-state index contributed by atoms with van der Waals surface area (Å²) in [5, 5.41) is 0.863. The molecular formula is C16H17Cl. The summed E-state index contributed by atoms with van der Waals surface area (Å²) in [7, 11) is 0. The normalized spacial score (nSPS) is 10.6. The van der Waals surface area contributed by atoms with Gasteiger partial charge in [0.05, 0.1) is 5.02 Å². The minimum atomic E-state index is 0.863. The first-order chi connectivity index (χ1) is 8.00. The molecule has 0 N–H and O–H groups in total. The lowest BCUT2D eigenvalue weighted by molar-refractivity contribution is 1.31. The van der Waals surface area contributed by atoms with Gasteiger partial charge in [-0.05, 0) is 49.9 Å². The zero-order valence-electron chi connectivity index (χ0n) is 10.8. The van der Waals surface area contributed by atoms with Crippen LogP contribution in [-0.4, -0.2) is 0 Å². The minimum absolute atomic E-state index is 0.863. The monoisotopic (exact) mass is 244 g/mol. The van der Waals surface area contributed by atoms with Crippen molar-refractivity contribution in [2.75, 3.05) is 0 Å². The molecular weight excluding hydrogens is 228 g/mol. The molecule has 2 aromatic rings. The van der Waals surface area contributed by atoms with E-state index in [1.54, 1.807) is 0 Å². The zero-order chi connectivity index (χ0) is 12.6. The molecule has 0 amide bonds. The summed E-state index contributed by atoms with van der Waals surface area (Å²) < 4.78 is 0. The highest BCUT2D eigenvalue weighted by Crippen LogP contribution is 2.35. The lowest BCUT2D eigenvalue weighted by atomic mass is 9.93. The highest BCUT2D eigenvalue weighted by molar-refractivity contribution is 6.34. The van der Waals surface area contributed by atoms with Gasteiger partial charge >= 0.3 is 0 Å². The number of hydrogen-bond acceptors (Lipinski definition) is 0. The van der Waals surface area contributed by atoms with Gasteiger partial charge in [0.25, 0.3) is 0 Å². The average Bonchev–Trinajstić information content (AvgIpc) is 2.23. The van der Waals surface area contributed by atoms with Crippen LogP contribution in [0.1, 0.15) is 22.3 Å². The van der Waals surface area contributed by atoms with Crippen LogP contribution in [0.15, 0.2) is 30.3 Å². The molecule has 0 atom stereocenters. The van der Waals surface area contributed by atoms with Crippen molar-refractivity contribution < 1.29 is 0 Å². The van der Waals surface area contributed by atoms with Crippen LogP contribution < -0.4 is 0 Å². The first-order valence-electron chi connectivity index (χ1n) is 5.84. The van der Waals surface area contributed by atoms with Crippen molar-refractivity contribution in [1.82, 2.24) is 0 Å². The molecule has 0 aromatic heterocycles. The molecule has 0 saturated heterocycles. The molecule has 0 bridgehead atoms. The van der Waals surface area contributed by atoms with E-state index in [1.165, 1.54) is 22.3 Å². The Bertz CT molecular complexity index is 545. The third kappa shape index (κ3) is 2.23. The molecule has 2 rings (SSSR count). The maximum Gasteiger partial charge on any atom is 0.0513 e. The lowest BCUT2D eigenvalue weighted by Gasteiger charge is -2.14. The second-order valence-electron chi connectivity index (χ2n) is 4.71. The Hall–Kier alpha value is -1.27. The lowest BCUT2D eigenvalue weighted by Crippen LogP contribution is -1.91. The van der Waals surface area contributed by atoms with Crippen molar-refractivity contribution >= 4 is 11.6 Å². The highest BCUT2D eigenvalue weighted by Gasteiger charge is 2.10. The minimum Gasteiger partial charge on any atom is -0.0834 e. The van der Waals surface area contributed by atoms with Gasteiger partial charge in [-0.2, -0.15) is 0 Å². The second-order valence-corrected chi connectivity index (χ2v) is 5.09. The van der Waals surface area contributed by atoms with E-state index in [0.717, 1.165) is 16.1 Å². The van der Waals surface area contributed by atoms with E-state index in [2.05, 4.69) is 45.0 Å². The molecule has 0 radical (unpaired) electrons. The van der Waals surface area contributed by atoms with E-state index in [0.29, 0.717) is 0 Å². The van der Waals surface area contributed by atoms with Crippen LogP contribution in [0.5, 0.6) is 0 Å². The smallest absolute Gasteiger partial charge is 0.0513 e. The quantitative estimate of drug-likeness (QED) is 0.644. The largest absolute Gasteiger partial charge is 0.0834 e. The predicted molar refractivity (Wildman–Crippen MR) is 75.8 cm³/mol. The molecule has 0 fully saturated rings. The van der Waals surface area contributed by atoms with Crippen LogP contribution >= 0.6 is 11.6 Å². The highest BCUT2D eigenvalue weighted by atomic mass is 35.5. The summed E-state index contributed by atoms with van der Waals surface area (Å²) in [4.78, 5) is 0. The van der Waals surface area contributed by atoms with Gasteiger partial charge in [-0.3, -0.25) is 0 Å². The molecule has 2 aromatic carbocycles. The topological polar surface area (TPSA) is 0 Å². The van der Waals surface area contributed by atoms with Crippen LogP contribution in [-0.2, 0) is 0 Å². The van der Waals surface area contributed by atoms with Gasteiger partial charge in [0.15, 0.2) is 0 Å². The summed E-state index contributed by atoms with van der Waals surface area (Å²) in [5.74, 6) is 0. The van der Waals surface area contributed by atoms with E-state index in [4.69, 9.17) is 11.6 Å². The van der Waals surface area contributed by atoms with Gasteiger partial charge < -0.3 is 0 Å². The van der Waals surface area contributed by atoms with Crippen LogP contribution in [0.2, 0.25) is 5.02 Å². The molecule has 1 heteroatoms.